The van der Waals surface area contributed by atoms with Gasteiger partial charge in [0.05, 0.1) is 0 Å². The van der Waals surface area contributed by atoms with Gasteiger partial charge in [-0.25, -0.2) is 0 Å². The second kappa shape index (κ2) is 9.24. The van der Waals surface area contributed by atoms with E-state index < -0.39 is 0 Å². The van der Waals surface area contributed by atoms with E-state index in [9.17, 15) is 10.1 Å². The standard InChI is InChI=1S/C22H22N2O2/c1-4-8-19-13-18(14-20(15-23)22(25)24(2)3)11-12-21(19)26-16-17-9-6-5-7-10-17/h4-7,9-14H,1,8,16H2,2-3H3/b20-14-. The number of allylic oxidation sites excluding steroid dienone is 1. The lowest BCUT2D eigenvalue weighted by Crippen LogP contribution is -2.22. The van der Waals surface area contributed by atoms with Gasteiger partial charge in [0, 0.05) is 14.1 Å². The number of hydrogen-bond acceptors (Lipinski definition) is 3. The Morgan fingerprint density at radius 3 is 2.58 bits per heavy atom. The third-order valence-electron chi connectivity index (χ3n) is 3.75. The molecule has 0 aromatic heterocycles. The van der Waals surface area contributed by atoms with Crippen molar-refractivity contribution in [2.24, 2.45) is 0 Å². The molecule has 132 valence electrons. The van der Waals surface area contributed by atoms with Crippen LogP contribution in [0.25, 0.3) is 6.08 Å². The van der Waals surface area contributed by atoms with Crippen LogP contribution in [0.4, 0.5) is 0 Å². The molecule has 1 amide bonds. The van der Waals surface area contributed by atoms with Gasteiger partial charge in [0.25, 0.3) is 5.91 Å². The molecular weight excluding hydrogens is 324 g/mol. The summed E-state index contributed by atoms with van der Waals surface area (Å²) in [5, 5.41) is 9.24. The third-order valence-corrected chi connectivity index (χ3v) is 3.75. The molecule has 2 aromatic rings. The number of carbonyl (C=O) groups is 1. The van der Waals surface area contributed by atoms with Crippen molar-refractivity contribution in [1.29, 1.82) is 5.26 Å². The minimum Gasteiger partial charge on any atom is -0.489 e. The summed E-state index contributed by atoms with van der Waals surface area (Å²) >= 11 is 0. The molecule has 0 fully saturated rings. The van der Waals surface area contributed by atoms with Crippen LogP contribution in [-0.4, -0.2) is 24.9 Å². The lowest BCUT2D eigenvalue weighted by atomic mass is 10.0. The summed E-state index contributed by atoms with van der Waals surface area (Å²) < 4.78 is 5.94. The maximum Gasteiger partial charge on any atom is 0.264 e. The summed E-state index contributed by atoms with van der Waals surface area (Å²) in [5.41, 5.74) is 2.92. The number of nitriles is 1. The second-order valence-corrected chi connectivity index (χ2v) is 6.00. The van der Waals surface area contributed by atoms with E-state index in [1.165, 1.54) is 4.90 Å². The zero-order valence-electron chi connectivity index (χ0n) is 15.1. The molecule has 0 N–H and O–H groups in total. The Hall–Kier alpha value is -3.32. The number of nitrogens with zero attached hydrogens (tertiary/aromatic N) is 2. The molecule has 0 bridgehead atoms. The number of carbonyl (C=O) groups excluding carboxylic acids is 1. The lowest BCUT2D eigenvalue weighted by molar-refractivity contribution is -0.124. The summed E-state index contributed by atoms with van der Waals surface area (Å²) in [6.45, 7) is 4.26. The van der Waals surface area contributed by atoms with E-state index in [0.717, 1.165) is 22.4 Å². The van der Waals surface area contributed by atoms with Gasteiger partial charge in [0.1, 0.15) is 24.0 Å². The molecule has 0 saturated carbocycles. The molecule has 2 rings (SSSR count). The first kappa shape index (κ1) is 19.0. The Morgan fingerprint density at radius 1 is 1.23 bits per heavy atom. The van der Waals surface area contributed by atoms with E-state index in [2.05, 4.69) is 6.58 Å². The van der Waals surface area contributed by atoms with Crippen molar-refractivity contribution in [3.8, 4) is 11.8 Å². The van der Waals surface area contributed by atoms with E-state index in [0.29, 0.717) is 13.0 Å². The number of hydrogen-bond donors (Lipinski definition) is 0. The molecule has 0 saturated heterocycles. The van der Waals surface area contributed by atoms with Gasteiger partial charge in [-0.15, -0.1) is 6.58 Å². The highest BCUT2D eigenvalue weighted by molar-refractivity contribution is 6.01. The molecule has 0 heterocycles. The van der Waals surface area contributed by atoms with E-state index in [1.54, 1.807) is 26.2 Å². The predicted octanol–water partition coefficient (Wildman–Crippen LogP) is 3.99. The zero-order chi connectivity index (χ0) is 18.9. The fourth-order valence-electron chi connectivity index (χ4n) is 2.43. The van der Waals surface area contributed by atoms with E-state index in [4.69, 9.17) is 4.74 Å². The molecule has 0 spiro atoms. The highest BCUT2D eigenvalue weighted by atomic mass is 16.5. The molecule has 0 unspecified atom stereocenters. The molecule has 0 atom stereocenters. The van der Waals surface area contributed by atoms with Crippen LogP contribution in [0.3, 0.4) is 0 Å². The van der Waals surface area contributed by atoms with Crippen LogP contribution in [0.5, 0.6) is 5.75 Å². The number of ether oxygens (including phenoxy) is 1. The molecule has 0 aliphatic carbocycles. The number of likely N-dealkylation sites (N-methyl/N-ethyl adjacent to an activating group) is 1. The Kier molecular flexibility index (Phi) is 6.75. The highest BCUT2D eigenvalue weighted by Gasteiger charge is 2.12. The van der Waals surface area contributed by atoms with Crippen molar-refractivity contribution in [2.45, 2.75) is 13.0 Å². The fourth-order valence-corrected chi connectivity index (χ4v) is 2.43. The van der Waals surface area contributed by atoms with Crippen LogP contribution in [0.2, 0.25) is 0 Å². The second-order valence-electron chi connectivity index (χ2n) is 6.00. The summed E-state index contributed by atoms with van der Waals surface area (Å²) in [6, 6.07) is 17.5. The van der Waals surface area contributed by atoms with Crippen molar-refractivity contribution in [2.75, 3.05) is 14.1 Å². The molecule has 26 heavy (non-hydrogen) atoms. The minimum absolute atomic E-state index is 0.0949. The molecular formula is C22H22N2O2. The predicted molar refractivity (Wildman–Crippen MR) is 103 cm³/mol. The average molecular weight is 346 g/mol. The topological polar surface area (TPSA) is 53.3 Å². The van der Waals surface area contributed by atoms with Crippen LogP contribution in [0.1, 0.15) is 16.7 Å². The summed E-state index contributed by atoms with van der Waals surface area (Å²) in [7, 11) is 3.24. The monoisotopic (exact) mass is 346 g/mol. The molecule has 0 aliphatic rings. The Bertz CT molecular complexity index is 846. The normalized spacial score (nSPS) is 10.7. The van der Waals surface area contributed by atoms with Crippen LogP contribution < -0.4 is 4.74 Å². The summed E-state index contributed by atoms with van der Waals surface area (Å²) in [4.78, 5) is 13.4. The average Bonchev–Trinajstić information content (AvgIpc) is 2.66. The van der Waals surface area contributed by atoms with Gasteiger partial charge >= 0.3 is 0 Å². The largest absolute Gasteiger partial charge is 0.489 e. The molecule has 2 aromatic carbocycles. The number of rotatable bonds is 7. The van der Waals surface area contributed by atoms with Crippen molar-refractivity contribution in [1.82, 2.24) is 4.90 Å². The van der Waals surface area contributed by atoms with Gasteiger partial charge in [-0.05, 0) is 41.3 Å². The molecule has 4 nitrogen and oxygen atoms in total. The maximum atomic E-state index is 12.0. The Labute approximate surface area is 154 Å². The minimum atomic E-state index is -0.317. The first-order chi connectivity index (χ1) is 12.5. The first-order valence-corrected chi connectivity index (χ1v) is 8.29. The van der Waals surface area contributed by atoms with Gasteiger partial charge in [0.2, 0.25) is 0 Å². The third kappa shape index (κ3) is 5.09. The zero-order valence-corrected chi connectivity index (χ0v) is 15.1. The van der Waals surface area contributed by atoms with Crippen molar-refractivity contribution in [3.63, 3.8) is 0 Å². The molecule has 0 radical (unpaired) electrons. The van der Waals surface area contributed by atoms with Crippen LogP contribution in [0, 0.1) is 11.3 Å². The van der Waals surface area contributed by atoms with Crippen molar-refractivity contribution >= 4 is 12.0 Å². The quantitative estimate of drug-likeness (QED) is 0.433. The fraction of sp³-hybridized carbons (Fsp3) is 0.182. The summed E-state index contributed by atoms with van der Waals surface area (Å²) in [5.74, 6) is 0.450. The Balaban J connectivity index is 2.26. The van der Waals surface area contributed by atoms with Gasteiger partial charge in [-0.1, -0.05) is 42.5 Å². The number of benzene rings is 2. The van der Waals surface area contributed by atoms with Crippen molar-refractivity contribution < 1.29 is 9.53 Å². The van der Waals surface area contributed by atoms with E-state index >= 15 is 0 Å². The van der Waals surface area contributed by atoms with Gasteiger partial charge in [0.15, 0.2) is 0 Å². The summed E-state index contributed by atoms with van der Waals surface area (Å²) in [6.07, 6.45) is 4.03. The van der Waals surface area contributed by atoms with Gasteiger partial charge in [-0.3, -0.25) is 4.79 Å². The Morgan fingerprint density at radius 2 is 1.96 bits per heavy atom. The lowest BCUT2D eigenvalue weighted by Gasteiger charge is -2.12. The van der Waals surface area contributed by atoms with E-state index in [-0.39, 0.29) is 11.5 Å². The first-order valence-electron chi connectivity index (χ1n) is 8.29. The molecule has 4 heteroatoms. The van der Waals surface area contributed by atoms with Crippen LogP contribution >= 0.6 is 0 Å². The van der Waals surface area contributed by atoms with Gasteiger partial charge in [-0.2, -0.15) is 5.26 Å². The van der Waals surface area contributed by atoms with Crippen LogP contribution in [-0.2, 0) is 17.8 Å². The number of amides is 1. The SMILES string of the molecule is C=CCc1cc(/C=C(/C#N)C(=O)N(C)C)ccc1OCc1ccccc1. The van der Waals surface area contributed by atoms with E-state index in [1.807, 2.05) is 54.6 Å². The van der Waals surface area contributed by atoms with Crippen LogP contribution in [0.15, 0.2) is 66.8 Å². The smallest absolute Gasteiger partial charge is 0.264 e. The van der Waals surface area contributed by atoms with Gasteiger partial charge < -0.3 is 9.64 Å². The maximum absolute atomic E-state index is 12.0. The molecule has 0 aliphatic heterocycles. The van der Waals surface area contributed by atoms with Crippen molar-refractivity contribution in [3.05, 3.63) is 83.4 Å². The highest BCUT2D eigenvalue weighted by Crippen LogP contribution is 2.24.